The number of ether oxygens (including phenoxy) is 2. The fourth-order valence-corrected chi connectivity index (χ4v) is 2.93. The summed E-state index contributed by atoms with van der Waals surface area (Å²) < 4.78 is 11.1. The average Bonchev–Trinajstić information content (AvgIpc) is 2.72. The summed E-state index contributed by atoms with van der Waals surface area (Å²) >= 11 is 1.74. The topological polar surface area (TPSA) is 43.4 Å². The van der Waals surface area contributed by atoms with Crippen LogP contribution >= 0.6 is 11.3 Å². The molecule has 1 aliphatic rings. The normalized spacial score (nSPS) is 20.6. The first kappa shape index (κ1) is 13.9. The maximum atomic E-state index is 5.68. The molecule has 1 aliphatic heterocycles. The van der Waals surface area contributed by atoms with Crippen LogP contribution in [-0.4, -0.2) is 31.3 Å². The van der Waals surface area contributed by atoms with E-state index in [1.807, 2.05) is 0 Å². The van der Waals surface area contributed by atoms with Gasteiger partial charge in [-0.2, -0.15) is 0 Å². The van der Waals surface area contributed by atoms with Crippen LogP contribution in [0.15, 0.2) is 0 Å². The molecule has 1 atom stereocenters. The summed E-state index contributed by atoms with van der Waals surface area (Å²) in [6.07, 6.45) is 0.0290. The molecule has 0 bridgehead atoms. The second-order valence-corrected chi connectivity index (χ2v) is 6.13. The Morgan fingerprint density at radius 3 is 2.94 bits per heavy atom. The quantitative estimate of drug-likeness (QED) is 0.891. The zero-order valence-corrected chi connectivity index (χ0v) is 12.2. The van der Waals surface area contributed by atoms with Gasteiger partial charge >= 0.3 is 0 Å². The lowest BCUT2D eigenvalue weighted by Crippen LogP contribution is -2.21. The van der Waals surface area contributed by atoms with Gasteiger partial charge in [-0.3, -0.25) is 0 Å². The molecule has 0 spiro atoms. The van der Waals surface area contributed by atoms with Crippen LogP contribution in [0.3, 0.4) is 0 Å². The van der Waals surface area contributed by atoms with E-state index in [9.17, 15) is 0 Å². The van der Waals surface area contributed by atoms with E-state index in [-0.39, 0.29) is 6.10 Å². The van der Waals surface area contributed by atoms with E-state index in [1.54, 1.807) is 11.3 Å². The minimum atomic E-state index is 0.0290. The highest BCUT2D eigenvalue weighted by Crippen LogP contribution is 2.27. The maximum absolute atomic E-state index is 5.68. The number of aromatic nitrogens is 1. The van der Waals surface area contributed by atoms with Gasteiger partial charge in [-0.25, -0.2) is 4.98 Å². The lowest BCUT2D eigenvalue weighted by molar-refractivity contribution is -0.0902. The van der Waals surface area contributed by atoms with Crippen LogP contribution in [0, 0.1) is 12.8 Å². The molecule has 1 fully saturated rings. The Hall–Kier alpha value is -0.490. The van der Waals surface area contributed by atoms with E-state index in [2.05, 4.69) is 31.1 Å². The Morgan fingerprint density at radius 1 is 1.44 bits per heavy atom. The lowest BCUT2D eigenvalue weighted by Gasteiger charge is -2.20. The second-order valence-electron chi connectivity index (χ2n) is 5.02. The van der Waals surface area contributed by atoms with Gasteiger partial charge < -0.3 is 14.8 Å². The third kappa shape index (κ3) is 3.75. The van der Waals surface area contributed by atoms with Crippen molar-refractivity contribution >= 4 is 11.3 Å². The number of nitrogens with one attached hydrogen (secondary N) is 1. The molecule has 102 valence electrons. The highest BCUT2D eigenvalue weighted by molar-refractivity contribution is 7.11. The van der Waals surface area contributed by atoms with E-state index >= 15 is 0 Å². The predicted octanol–water partition coefficient (Wildman–Crippen LogP) is 2.29. The van der Waals surface area contributed by atoms with Crippen LogP contribution in [0.2, 0.25) is 0 Å². The molecule has 0 aromatic carbocycles. The second kappa shape index (κ2) is 6.61. The first-order valence-corrected chi connectivity index (χ1v) is 7.34. The van der Waals surface area contributed by atoms with E-state index in [0.29, 0.717) is 25.7 Å². The maximum Gasteiger partial charge on any atom is 0.132 e. The van der Waals surface area contributed by atoms with Gasteiger partial charge in [0.15, 0.2) is 0 Å². The van der Waals surface area contributed by atoms with Crippen molar-refractivity contribution < 1.29 is 9.47 Å². The van der Waals surface area contributed by atoms with E-state index < -0.39 is 0 Å². The summed E-state index contributed by atoms with van der Waals surface area (Å²) in [5.74, 6) is 0.674. The smallest absolute Gasteiger partial charge is 0.132 e. The predicted molar refractivity (Wildman–Crippen MR) is 72.9 cm³/mol. The third-order valence-electron chi connectivity index (χ3n) is 2.84. The van der Waals surface area contributed by atoms with Crippen LogP contribution in [0.5, 0.6) is 0 Å². The Morgan fingerprint density at radius 2 is 2.28 bits per heavy atom. The lowest BCUT2D eigenvalue weighted by atomic mass is 10.2. The highest BCUT2D eigenvalue weighted by Gasteiger charge is 2.21. The number of rotatable bonds is 5. The average molecular weight is 270 g/mol. The minimum Gasteiger partial charge on any atom is -0.376 e. The standard InChI is InChI=1S/C13H22N2O2S/c1-9(2)6-14-7-12-10(3)15-13(18-12)11-8-16-4-5-17-11/h9,11,14H,4-8H2,1-3H3. The monoisotopic (exact) mass is 270 g/mol. The molecule has 1 unspecified atom stereocenters. The van der Waals surface area contributed by atoms with Gasteiger partial charge in [0.05, 0.1) is 25.5 Å². The summed E-state index contributed by atoms with van der Waals surface area (Å²) in [4.78, 5) is 5.91. The van der Waals surface area contributed by atoms with Crippen LogP contribution in [0.1, 0.15) is 35.5 Å². The van der Waals surface area contributed by atoms with Crippen LogP contribution < -0.4 is 5.32 Å². The summed E-state index contributed by atoms with van der Waals surface area (Å²) in [5.41, 5.74) is 1.11. The Labute approximate surface area is 113 Å². The van der Waals surface area contributed by atoms with Gasteiger partial charge in [0.1, 0.15) is 11.1 Å². The van der Waals surface area contributed by atoms with Gasteiger partial charge in [0.2, 0.25) is 0 Å². The zero-order valence-electron chi connectivity index (χ0n) is 11.4. The van der Waals surface area contributed by atoms with Crippen molar-refractivity contribution in [2.45, 2.75) is 33.4 Å². The first-order chi connectivity index (χ1) is 8.66. The SMILES string of the molecule is Cc1nc(C2COCCO2)sc1CNCC(C)C. The van der Waals surface area contributed by atoms with Gasteiger partial charge in [-0.15, -0.1) is 11.3 Å². The van der Waals surface area contributed by atoms with E-state index in [0.717, 1.165) is 23.8 Å². The van der Waals surface area contributed by atoms with E-state index in [4.69, 9.17) is 9.47 Å². The summed E-state index contributed by atoms with van der Waals surface area (Å²) in [5, 5.41) is 4.51. The number of aryl methyl sites for hydroxylation is 1. The van der Waals surface area contributed by atoms with Crippen molar-refractivity contribution in [3.05, 3.63) is 15.6 Å². The van der Waals surface area contributed by atoms with Gasteiger partial charge in [0.25, 0.3) is 0 Å². The Kier molecular flexibility index (Phi) is 5.12. The minimum absolute atomic E-state index is 0.0290. The van der Waals surface area contributed by atoms with Gasteiger partial charge in [-0.05, 0) is 19.4 Å². The van der Waals surface area contributed by atoms with Crippen LogP contribution in [0.4, 0.5) is 0 Å². The molecule has 1 N–H and O–H groups in total. The molecule has 2 heterocycles. The van der Waals surface area contributed by atoms with Crippen molar-refractivity contribution in [3.8, 4) is 0 Å². The van der Waals surface area contributed by atoms with Crippen molar-refractivity contribution in [2.75, 3.05) is 26.4 Å². The van der Waals surface area contributed by atoms with Crippen molar-refractivity contribution in [1.82, 2.24) is 10.3 Å². The molecule has 1 aromatic rings. The molecule has 0 aliphatic carbocycles. The summed E-state index contributed by atoms with van der Waals surface area (Å²) in [6.45, 7) is 10.4. The van der Waals surface area contributed by atoms with Gasteiger partial charge in [-0.1, -0.05) is 13.8 Å². The first-order valence-electron chi connectivity index (χ1n) is 6.53. The molecule has 0 radical (unpaired) electrons. The van der Waals surface area contributed by atoms with Gasteiger partial charge in [0, 0.05) is 11.4 Å². The van der Waals surface area contributed by atoms with Crippen molar-refractivity contribution in [3.63, 3.8) is 0 Å². The van der Waals surface area contributed by atoms with Crippen LogP contribution in [-0.2, 0) is 16.0 Å². The highest BCUT2D eigenvalue weighted by atomic mass is 32.1. The fraction of sp³-hybridized carbons (Fsp3) is 0.769. The number of hydrogen-bond acceptors (Lipinski definition) is 5. The molecule has 5 heteroatoms. The fourth-order valence-electron chi connectivity index (χ4n) is 1.86. The molecular weight excluding hydrogens is 248 g/mol. The molecule has 0 amide bonds. The van der Waals surface area contributed by atoms with E-state index in [1.165, 1.54) is 4.88 Å². The molecule has 2 rings (SSSR count). The Balaban J connectivity index is 1.93. The number of hydrogen-bond donors (Lipinski definition) is 1. The molecule has 1 saturated heterocycles. The van der Waals surface area contributed by atoms with Crippen LogP contribution in [0.25, 0.3) is 0 Å². The number of nitrogens with zero attached hydrogens (tertiary/aromatic N) is 1. The third-order valence-corrected chi connectivity index (χ3v) is 4.09. The zero-order chi connectivity index (χ0) is 13.0. The molecule has 18 heavy (non-hydrogen) atoms. The Bertz CT molecular complexity index is 373. The van der Waals surface area contributed by atoms with Crippen molar-refractivity contribution in [2.24, 2.45) is 5.92 Å². The molecule has 0 saturated carbocycles. The molecule has 4 nitrogen and oxygen atoms in total. The summed E-state index contributed by atoms with van der Waals surface area (Å²) in [6, 6.07) is 0. The summed E-state index contributed by atoms with van der Waals surface area (Å²) in [7, 11) is 0. The molecule has 1 aromatic heterocycles. The van der Waals surface area contributed by atoms with Crippen molar-refractivity contribution in [1.29, 1.82) is 0 Å². The largest absolute Gasteiger partial charge is 0.376 e. The number of thiazole rings is 1. The molecular formula is C13H22N2O2S.